The third-order valence-corrected chi connectivity index (χ3v) is 3.93. The van der Waals surface area contributed by atoms with Crippen molar-refractivity contribution in [3.05, 3.63) is 42.5 Å². The van der Waals surface area contributed by atoms with Crippen LogP contribution in [0.25, 0.3) is 11.1 Å². The molecule has 0 aliphatic rings. The summed E-state index contributed by atoms with van der Waals surface area (Å²) in [5.74, 6) is 0.807. The van der Waals surface area contributed by atoms with E-state index in [2.05, 4.69) is 11.0 Å². The average molecular weight is 330 g/mol. The molecule has 2 aromatic rings. The Balaban J connectivity index is 2.38. The number of ether oxygens (including phenoxy) is 3. The molecule has 0 aliphatic heterocycles. The van der Waals surface area contributed by atoms with Crippen molar-refractivity contribution in [2.45, 2.75) is 0 Å². The maximum atomic E-state index is 6.22. The summed E-state index contributed by atoms with van der Waals surface area (Å²) >= 11 is 0. The lowest BCUT2D eigenvalue weighted by molar-refractivity contribution is 0.190. The van der Waals surface area contributed by atoms with E-state index in [1.807, 2.05) is 36.4 Å². The predicted molar refractivity (Wildman–Crippen MR) is 98.8 cm³/mol. The Labute approximate surface area is 143 Å². The first-order valence-electron chi connectivity index (χ1n) is 7.97. The number of rotatable bonds is 9. The highest BCUT2D eigenvalue weighted by Crippen LogP contribution is 2.36. The zero-order valence-electron chi connectivity index (χ0n) is 14.6. The largest absolute Gasteiger partial charge is 0.496 e. The van der Waals surface area contributed by atoms with Gasteiger partial charge in [-0.15, -0.1) is 0 Å². The first kappa shape index (κ1) is 18.1. The summed E-state index contributed by atoms with van der Waals surface area (Å²) in [7, 11) is 5.08. The van der Waals surface area contributed by atoms with Gasteiger partial charge in [0.15, 0.2) is 0 Å². The molecular weight excluding hydrogens is 304 g/mol. The van der Waals surface area contributed by atoms with E-state index in [0.29, 0.717) is 13.2 Å². The van der Waals surface area contributed by atoms with Crippen molar-refractivity contribution in [2.24, 2.45) is 0 Å². The fourth-order valence-electron chi connectivity index (χ4n) is 2.61. The molecule has 0 heterocycles. The highest BCUT2D eigenvalue weighted by Gasteiger charge is 2.12. The van der Waals surface area contributed by atoms with Crippen molar-refractivity contribution in [1.29, 1.82) is 0 Å². The monoisotopic (exact) mass is 330 g/mol. The first-order valence-corrected chi connectivity index (χ1v) is 7.97. The van der Waals surface area contributed by atoms with Crippen LogP contribution in [0.4, 0.5) is 11.4 Å². The smallest absolute Gasteiger partial charge is 0.126 e. The molecule has 5 nitrogen and oxygen atoms in total. The number of nitrogen functional groups attached to an aromatic ring is 1. The van der Waals surface area contributed by atoms with Gasteiger partial charge in [0.2, 0.25) is 0 Å². The summed E-state index contributed by atoms with van der Waals surface area (Å²) in [6.07, 6.45) is 0. The molecule has 2 rings (SSSR count). The second-order valence-electron chi connectivity index (χ2n) is 5.44. The first-order chi connectivity index (χ1) is 11.7. The van der Waals surface area contributed by atoms with E-state index < -0.39 is 0 Å². The van der Waals surface area contributed by atoms with Crippen LogP contribution in [0.3, 0.4) is 0 Å². The number of anilines is 2. The number of benzene rings is 2. The van der Waals surface area contributed by atoms with Gasteiger partial charge in [-0.05, 0) is 24.3 Å². The molecule has 0 aromatic heterocycles. The Bertz CT molecular complexity index is 638. The van der Waals surface area contributed by atoms with Crippen molar-refractivity contribution < 1.29 is 14.2 Å². The molecule has 0 atom stereocenters. The van der Waals surface area contributed by atoms with E-state index in [9.17, 15) is 0 Å². The summed E-state index contributed by atoms with van der Waals surface area (Å²) in [5.41, 5.74) is 9.98. The minimum absolute atomic E-state index is 0.651. The number of hydrogen-bond acceptors (Lipinski definition) is 5. The molecule has 130 valence electrons. The molecule has 0 fully saturated rings. The maximum Gasteiger partial charge on any atom is 0.126 e. The molecule has 24 heavy (non-hydrogen) atoms. The number of methoxy groups -OCH3 is 3. The van der Waals surface area contributed by atoms with Crippen LogP contribution in [0.1, 0.15) is 0 Å². The standard InChI is InChI=1S/C19H26N2O3/c1-22-12-10-21(11-13-23-2)15-8-9-18(20)17(14-15)16-6-4-5-7-19(16)24-3/h4-9,14H,10-13,20H2,1-3H3. The van der Waals surface area contributed by atoms with Gasteiger partial charge in [-0.3, -0.25) is 0 Å². The van der Waals surface area contributed by atoms with Crippen LogP contribution in [0, 0.1) is 0 Å². The van der Waals surface area contributed by atoms with Gasteiger partial charge in [-0.1, -0.05) is 18.2 Å². The van der Waals surface area contributed by atoms with Gasteiger partial charge < -0.3 is 24.8 Å². The zero-order valence-corrected chi connectivity index (χ0v) is 14.6. The third kappa shape index (κ3) is 4.40. The minimum atomic E-state index is 0.651. The Kier molecular flexibility index (Phi) is 6.90. The lowest BCUT2D eigenvalue weighted by atomic mass is 10.0. The fourth-order valence-corrected chi connectivity index (χ4v) is 2.61. The molecular formula is C19H26N2O3. The molecule has 0 unspecified atom stereocenters. The van der Waals surface area contributed by atoms with Crippen LogP contribution in [0.15, 0.2) is 42.5 Å². The highest BCUT2D eigenvalue weighted by molar-refractivity contribution is 5.83. The quantitative estimate of drug-likeness (QED) is 0.716. The molecule has 0 saturated heterocycles. The summed E-state index contributed by atoms with van der Waals surface area (Å²) in [6.45, 7) is 2.88. The Morgan fingerprint density at radius 3 is 2.17 bits per heavy atom. The molecule has 0 saturated carbocycles. The van der Waals surface area contributed by atoms with E-state index in [-0.39, 0.29) is 0 Å². The summed E-state index contributed by atoms with van der Waals surface area (Å²) in [6, 6.07) is 13.9. The summed E-state index contributed by atoms with van der Waals surface area (Å²) < 4.78 is 15.9. The van der Waals surface area contributed by atoms with Gasteiger partial charge in [0.25, 0.3) is 0 Å². The van der Waals surface area contributed by atoms with Gasteiger partial charge in [-0.2, -0.15) is 0 Å². The van der Waals surface area contributed by atoms with E-state index >= 15 is 0 Å². The van der Waals surface area contributed by atoms with Gasteiger partial charge in [0.05, 0.1) is 20.3 Å². The second kappa shape index (κ2) is 9.15. The molecule has 2 aromatic carbocycles. The fraction of sp³-hybridized carbons (Fsp3) is 0.368. The van der Waals surface area contributed by atoms with E-state index in [1.54, 1.807) is 21.3 Å². The highest BCUT2D eigenvalue weighted by atomic mass is 16.5. The molecule has 2 N–H and O–H groups in total. The van der Waals surface area contributed by atoms with Crippen LogP contribution >= 0.6 is 0 Å². The van der Waals surface area contributed by atoms with Crippen LogP contribution in [-0.4, -0.2) is 47.6 Å². The molecule has 0 aliphatic carbocycles. The van der Waals surface area contributed by atoms with Crippen molar-refractivity contribution in [3.63, 3.8) is 0 Å². The molecule has 0 spiro atoms. The second-order valence-corrected chi connectivity index (χ2v) is 5.44. The Hall–Kier alpha value is -2.24. The van der Waals surface area contributed by atoms with Crippen LogP contribution in [0.5, 0.6) is 5.75 Å². The molecule has 0 amide bonds. The summed E-state index contributed by atoms with van der Waals surface area (Å²) in [4.78, 5) is 2.23. The number of hydrogen-bond donors (Lipinski definition) is 1. The lowest BCUT2D eigenvalue weighted by Crippen LogP contribution is -2.30. The number of nitrogens with two attached hydrogens (primary N) is 1. The Morgan fingerprint density at radius 1 is 0.875 bits per heavy atom. The van der Waals surface area contributed by atoms with Gasteiger partial charge >= 0.3 is 0 Å². The molecule has 5 heteroatoms. The maximum absolute atomic E-state index is 6.22. The van der Waals surface area contributed by atoms with Crippen LogP contribution in [-0.2, 0) is 9.47 Å². The Morgan fingerprint density at radius 2 is 1.54 bits per heavy atom. The topological polar surface area (TPSA) is 57.0 Å². The minimum Gasteiger partial charge on any atom is -0.496 e. The molecule has 0 bridgehead atoms. The van der Waals surface area contributed by atoms with Crippen molar-refractivity contribution in [3.8, 4) is 16.9 Å². The third-order valence-electron chi connectivity index (χ3n) is 3.93. The van der Waals surface area contributed by atoms with Gasteiger partial charge in [0.1, 0.15) is 5.75 Å². The summed E-state index contributed by atoms with van der Waals surface area (Å²) in [5, 5.41) is 0. The van der Waals surface area contributed by atoms with Crippen molar-refractivity contribution in [1.82, 2.24) is 0 Å². The predicted octanol–water partition coefficient (Wildman–Crippen LogP) is 3.04. The SMILES string of the molecule is COCCN(CCOC)c1ccc(N)c(-c2ccccc2OC)c1. The van der Waals surface area contributed by atoms with Gasteiger partial charge in [0, 0.05) is 49.8 Å². The van der Waals surface area contributed by atoms with Crippen LogP contribution in [0.2, 0.25) is 0 Å². The van der Waals surface area contributed by atoms with E-state index in [0.717, 1.165) is 41.3 Å². The number of para-hydroxylation sites is 1. The van der Waals surface area contributed by atoms with Gasteiger partial charge in [-0.25, -0.2) is 0 Å². The number of nitrogens with zero attached hydrogens (tertiary/aromatic N) is 1. The molecule has 0 radical (unpaired) electrons. The average Bonchev–Trinajstić information content (AvgIpc) is 2.62. The lowest BCUT2D eigenvalue weighted by Gasteiger charge is -2.25. The van der Waals surface area contributed by atoms with E-state index in [1.165, 1.54) is 0 Å². The van der Waals surface area contributed by atoms with E-state index in [4.69, 9.17) is 19.9 Å². The van der Waals surface area contributed by atoms with Crippen LogP contribution < -0.4 is 15.4 Å². The van der Waals surface area contributed by atoms with Crippen molar-refractivity contribution in [2.75, 3.05) is 58.3 Å². The zero-order chi connectivity index (χ0) is 17.4. The normalized spacial score (nSPS) is 10.6. The van der Waals surface area contributed by atoms with Crippen molar-refractivity contribution >= 4 is 11.4 Å².